The van der Waals surface area contributed by atoms with Gasteiger partial charge < -0.3 is 15.1 Å². The monoisotopic (exact) mass is 442 g/mol. The Bertz CT molecular complexity index is 1050. The third kappa shape index (κ3) is 4.79. The molecule has 2 aliphatic rings. The first-order valence-electron chi connectivity index (χ1n) is 10.4. The number of likely N-dealkylation sites (N-methyl/N-ethyl adjacent to an activating group) is 1. The van der Waals surface area contributed by atoms with Crippen LogP contribution in [0.4, 0.5) is 5.69 Å². The van der Waals surface area contributed by atoms with Crippen molar-refractivity contribution in [3.8, 4) is 0 Å². The highest BCUT2D eigenvalue weighted by Crippen LogP contribution is 2.22. The highest BCUT2D eigenvalue weighted by atomic mass is 32.2. The van der Waals surface area contributed by atoms with Crippen LogP contribution >= 0.6 is 0 Å². The zero-order valence-electron chi connectivity index (χ0n) is 17.4. The molecule has 0 saturated carbocycles. The van der Waals surface area contributed by atoms with Crippen LogP contribution in [0.15, 0.2) is 64.6 Å². The second kappa shape index (κ2) is 9.17. The zero-order valence-corrected chi connectivity index (χ0v) is 18.2. The van der Waals surface area contributed by atoms with E-state index in [0.29, 0.717) is 25.2 Å². The molecule has 1 fully saturated rings. The second-order valence-corrected chi connectivity index (χ2v) is 9.49. The first kappa shape index (κ1) is 21.5. The number of rotatable bonds is 6. The number of nitrogens with zero attached hydrogens (tertiary/aromatic N) is 3. The predicted molar refractivity (Wildman–Crippen MR) is 118 cm³/mol. The van der Waals surface area contributed by atoms with Gasteiger partial charge in [-0.15, -0.1) is 0 Å². The van der Waals surface area contributed by atoms with Gasteiger partial charge in [-0.3, -0.25) is 4.79 Å². The number of hydrogen-bond acceptors (Lipinski definition) is 6. The van der Waals surface area contributed by atoms with E-state index >= 15 is 0 Å². The molecule has 9 heteroatoms. The van der Waals surface area contributed by atoms with Crippen LogP contribution in [0.1, 0.15) is 18.9 Å². The molecule has 0 bridgehead atoms. The molecule has 1 N–H and O–H groups in total. The molecule has 1 unspecified atom stereocenters. The van der Waals surface area contributed by atoms with Crippen molar-refractivity contribution in [2.75, 3.05) is 38.0 Å². The molecule has 0 aromatic heterocycles. The Kier molecular flexibility index (Phi) is 6.35. The lowest BCUT2D eigenvalue weighted by atomic mass is 10.0. The summed E-state index contributed by atoms with van der Waals surface area (Å²) in [7, 11) is -3.54. The van der Waals surface area contributed by atoms with Gasteiger partial charge >= 0.3 is 0 Å². The van der Waals surface area contributed by atoms with Gasteiger partial charge in [0.25, 0.3) is 5.91 Å². The van der Waals surface area contributed by atoms with Gasteiger partial charge in [0, 0.05) is 38.3 Å². The van der Waals surface area contributed by atoms with Crippen LogP contribution < -0.4 is 5.32 Å². The SMILES string of the molecule is CCN1CCN(S(=O)(=O)c2ccc(NC(=O)C3CC(c4ccccc4)=NO3)cc2)CC1. The third-order valence-electron chi connectivity index (χ3n) is 5.61. The van der Waals surface area contributed by atoms with Crippen molar-refractivity contribution < 1.29 is 18.0 Å². The molecule has 0 radical (unpaired) electrons. The zero-order chi connectivity index (χ0) is 21.8. The van der Waals surface area contributed by atoms with Gasteiger partial charge in [-0.25, -0.2) is 8.42 Å². The highest BCUT2D eigenvalue weighted by molar-refractivity contribution is 7.89. The minimum absolute atomic E-state index is 0.224. The Hall–Kier alpha value is -2.75. The van der Waals surface area contributed by atoms with Crippen LogP contribution in [0.25, 0.3) is 0 Å². The van der Waals surface area contributed by atoms with E-state index in [1.54, 1.807) is 12.1 Å². The van der Waals surface area contributed by atoms with Gasteiger partial charge in [-0.05, 0) is 36.4 Å². The maximum absolute atomic E-state index is 12.9. The highest BCUT2D eigenvalue weighted by Gasteiger charge is 2.30. The molecule has 31 heavy (non-hydrogen) atoms. The Morgan fingerprint density at radius 1 is 1.06 bits per heavy atom. The van der Waals surface area contributed by atoms with E-state index in [0.717, 1.165) is 30.9 Å². The Morgan fingerprint density at radius 2 is 1.74 bits per heavy atom. The molecule has 0 aliphatic carbocycles. The molecule has 1 saturated heterocycles. The minimum Gasteiger partial charge on any atom is -0.382 e. The van der Waals surface area contributed by atoms with E-state index in [4.69, 9.17) is 4.84 Å². The lowest BCUT2D eigenvalue weighted by molar-refractivity contribution is -0.125. The first-order chi connectivity index (χ1) is 15.0. The lowest BCUT2D eigenvalue weighted by Crippen LogP contribution is -2.48. The number of anilines is 1. The summed E-state index contributed by atoms with van der Waals surface area (Å²) in [6, 6.07) is 15.8. The smallest absolute Gasteiger partial charge is 0.268 e. The molecule has 4 rings (SSSR count). The summed E-state index contributed by atoms with van der Waals surface area (Å²) < 4.78 is 27.3. The number of carbonyl (C=O) groups is 1. The van der Waals surface area contributed by atoms with Crippen LogP contribution in [0.2, 0.25) is 0 Å². The van der Waals surface area contributed by atoms with Crippen molar-refractivity contribution in [1.82, 2.24) is 9.21 Å². The molecule has 0 spiro atoms. The quantitative estimate of drug-likeness (QED) is 0.740. The number of oxime groups is 1. The van der Waals surface area contributed by atoms with Gasteiger partial charge in [0.1, 0.15) is 0 Å². The van der Waals surface area contributed by atoms with Crippen LogP contribution in [-0.2, 0) is 19.7 Å². The van der Waals surface area contributed by atoms with E-state index < -0.39 is 16.1 Å². The van der Waals surface area contributed by atoms with Crippen molar-refractivity contribution in [3.63, 3.8) is 0 Å². The fourth-order valence-electron chi connectivity index (χ4n) is 3.69. The van der Waals surface area contributed by atoms with E-state index in [1.165, 1.54) is 16.4 Å². The predicted octanol–water partition coefficient (Wildman–Crippen LogP) is 2.14. The van der Waals surface area contributed by atoms with Crippen LogP contribution in [-0.4, -0.2) is 68.1 Å². The number of benzene rings is 2. The number of hydrogen-bond donors (Lipinski definition) is 1. The summed E-state index contributed by atoms with van der Waals surface area (Å²) in [6.07, 6.45) is -0.333. The summed E-state index contributed by atoms with van der Waals surface area (Å²) in [5, 5.41) is 6.80. The Morgan fingerprint density at radius 3 is 2.39 bits per heavy atom. The summed E-state index contributed by atoms with van der Waals surface area (Å²) in [6.45, 7) is 5.43. The van der Waals surface area contributed by atoms with Crippen LogP contribution in [0.3, 0.4) is 0 Å². The van der Waals surface area contributed by atoms with Gasteiger partial charge in [0.05, 0.1) is 10.6 Å². The summed E-state index contributed by atoms with van der Waals surface area (Å²) in [5.41, 5.74) is 2.16. The minimum atomic E-state index is -3.54. The van der Waals surface area contributed by atoms with Crippen molar-refractivity contribution >= 4 is 27.3 Å². The van der Waals surface area contributed by atoms with Crippen LogP contribution in [0.5, 0.6) is 0 Å². The molecule has 2 aromatic carbocycles. The molecule has 164 valence electrons. The first-order valence-corrected chi connectivity index (χ1v) is 11.8. The van der Waals surface area contributed by atoms with E-state index in [1.807, 2.05) is 30.3 Å². The van der Waals surface area contributed by atoms with E-state index in [2.05, 4.69) is 22.3 Å². The molecule has 8 nitrogen and oxygen atoms in total. The summed E-state index contributed by atoms with van der Waals surface area (Å²) in [4.78, 5) is 20.3. The summed E-state index contributed by atoms with van der Waals surface area (Å²) in [5.74, 6) is -0.319. The largest absolute Gasteiger partial charge is 0.382 e. The lowest BCUT2D eigenvalue weighted by Gasteiger charge is -2.33. The topological polar surface area (TPSA) is 91.3 Å². The molecule has 2 heterocycles. The fraction of sp³-hybridized carbons (Fsp3) is 0.364. The number of amides is 1. The second-order valence-electron chi connectivity index (χ2n) is 7.55. The molecular formula is C22H26N4O4S. The van der Waals surface area contributed by atoms with Crippen molar-refractivity contribution in [1.29, 1.82) is 0 Å². The van der Waals surface area contributed by atoms with Gasteiger partial charge in [-0.1, -0.05) is 42.4 Å². The summed E-state index contributed by atoms with van der Waals surface area (Å²) >= 11 is 0. The molecule has 2 aromatic rings. The average Bonchev–Trinajstić information content (AvgIpc) is 3.31. The van der Waals surface area contributed by atoms with Crippen LogP contribution in [0, 0.1) is 0 Å². The molecule has 1 amide bonds. The molecule has 1 atom stereocenters. The van der Waals surface area contributed by atoms with Crippen molar-refractivity contribution in [3.05, 3.63) is 60.2 Å². The number of nitrogens with one attached hydrogen (secondary N) is 1. The van der Waals surface area contributed by atoms with Gasteiger partial charge in [-0.2, -0.15) is 4.31 Å². The maximum Gasteiger partial charge on any atom is 0.268 e. The van der Waals surface area contributed by atoms with Crippen molar-refractivity contribution in [2.45, 2.75) is 24.3 Å². The molecule has 2 aliphatic heterocycles. The Labute approximate surface area is 182 Å². The number of carbonyl (C=O) groups excluding carboxylic acids is 1. The third-order valence-corrected chi connectivity index (χ3v) is 7.52. The Balaban J connectivity index is 1.35. The standard InChI is InChI=1S/C22H26N4O4S/c1-2-25-12-14-26(15-13-25)31(28,29)19-10-8-18(9-11-19)23-22(27)21-16-20(24-30-21)17-6-4-3-5-7-17/h3-11,21H,2,12-16H2,1H3,(H,23,27). The molecular weight excluding hydrogens is 416 g/mol. The van der Waals surface area contributed by atoms with E-state index in [9.17, 15) is 13.2 Å². The average molecular weight is 443 g/mol. The van der Waals surface area contributed by atoms with Gasteiger partial charge in [0.2, 0.25) is 16.1 Å². The number of sulfonamides is 1. The van der Waals surface area contributed by atoms with Gasteiger partial charge in [0.15, 0.2) is 0 Å². The van der Waals surface area contributed by atoms with E-state index in [-0.39, 0.29) is 10.8 Å². The number of piperazine rings is 1. The van der Waals surface area contributed by atoms with Crippen molar-refractivity contribution in [2.24, 2.45) is 5.16 Å². The normalized spacial score (nSPS) is 20.2. The fourth-order valence-corrected chi connectivity index (χ4v) is 5.11. The maximum atomic E-state index is 12.9.